The number of benzene rings is 1. The Hall–Kier alpha value is -3.40. The lowest BCUT2D eigenvalue weighted by Crippen LogP contribution is -2.36. The molecule has 1 aliphatic carbocycles. The van der Waals surface area contributed by atoms with E-state index in [-0.39, 0.29) is 18.1 Å². The fourth-order valence-corrected chi connectivity index (χ4v) is 5.28. The van der Waals surface area contributed by atoms with E-state index >= 15 is 0 Å². The lowest BCUT2D eigenvalue weighted by Gasteiger charge is -2.33. The quantitative estimate of drug-likeness (QED) is 0.566. The van der Waals surface area contributed by atoms with Gasteiger partial charge in [-0.2, -0.15) is 0 Å². The number of carbonyl (C=O) groups is 1. The Balaban J connectivity index is 1.32. The van der Waals surface area contributed by atoms with E-state index in [1.165, 1.54) is 0 Å². The van der Waals surface area contributed by atoms with Crippen LogP contribution in [0, 0.1) is 6.92 Å². The van der Waals surface area contributed by atoms with Crippen LogP contribution in [0.25, 0.3) is 0 Å². The first-order valence-electron chi connectivity index (χ1n) is 13.1. The third-order valence-corrected chi connectivity index (χ3v) is 7.34. The summed E-state index contributed by atoms with van der Waals surface area (Å²) in [5.41, 5.74) is 3.29. The molecular formula is C27H36N6O4. The van der Waals surface area contributed by atoms with Crippen molar-refractivity contribution in [2.75, 3.05) is 55.1 Å². The number of fused-ring (bicyclic) bond motifs is 1. The van der Waals surface area contributed by atoms with Gasteiger partial charge in [0, 0.05) is 51.3 Å². The number of hydrogen-bond acceptors (Lipinski definition) is 9. The van der Waals surface area contributed by atoms with Gasteiger partial charge < -0.3 is 29.3 Å². The number of amides is 1. The maximum Gasteiger partial charge on any atom is 0.223 e. The summed E-state index contributed by atoms with van der Waals surface area (Å²) in [6.45, 7) is 10.8. The third-order valence-electron chi connectivity index (χ3n) is 7.34. The molecule has 10 nitrogen and oxygen atoms in total. The molecule has 37 heavy (non-hydrogen) atoms. The number of morpholine rings is 1. The van der Waals surface area contributed by atoms with Gasteiger partial charge in [-0.1, -0.05) is 0 Å². The van der Waals surface area contributed by atoms with E-state index in [1.807, 2.05) is 19.1 Å². The molecule has 0 bridgehead atoms. The van der Waals surface area contributed by atoms with Crippen molar-refractivity contribution in [1.29, 1.82) is 0 Å². The van der Waals surface area contributed by atoms with Crippen molar-refractivity contribution in [2.45, 2.75) is 58.1 Å². The van der Waals surface area contributed by atoms with Crippen molar-refractivity contribution in [2.24, 2.45) is 4.99 Å². The summed E-state index contributed by atoms with van der Waals surface area (Å²) in [7, 11) is 1.75. The van der Waals surface area contributed by atoms with Crippen LogP contribution in [0.3, 0.4) is 0 Å². The SMILES string of the molecule is C=Nc1cc(N2CCOCC2)cc(OC2CCC(Nc3nc(C)nc4c3OCC4)CC2)c1N(C)C(C)=O. The monoisotopic (exact) mass is 508 g/mol. The van der Waals surface area contributed by atoms with Gasteiger partial charge in [0.25, 0.3) is 0 Å². The molecule has 1 N–H and O–H groups in total. The van der Waals surface area contributed by atoms with E-state index in [2.05, 4.69) is 31.9 Å². The number of aromatic nitrogens is 2. The first-order chi connectivity index (χ1) is 17.9. The number of aryl methyl sites for hydroxylation is 1. The molecule has 10 heteroatoms. The number of ether oxygens (including phenoxy) is 3. The maximum absolute atomic E-state index is 12.3. The molecule has 0 unspecified atom stereocenters. The normalized spacial score (nSPS) is 21.1. The molecule has 0 spiro atoms. The van der Waals surface area contributed by atoms with Crippen LogP contribution in [0.2, 0.25) is 0 Å². The number of rotatable bonds is 7. The van der Waals surface area contributed by atoms with Crippen molar-refractivity contribution in [3.05, 3.63) is 23.7 Å². The van der Waals surface area contributed by atoms with Crippen molar-refractivity contribution in [3.63, 3.8) is 0 Å². The minimum atomic E-state index is -0.0864. The minimum Gasteiger partial charge on any atom is -0.488 e. The van der Waals surface area contributed by atoms with E-state index in [0.29, 0.717) is 36.9 Å². The molecule has 0 atom stereocenters. The highest BCUT2D eigenvalue weighted by atomic mass is 16.5. The Labute approximate surface area is 218 Å². The third kappa shape index (κ3) is 5.49. The van der Waals surface area contributed by atoms with Crippen molar-refractivity contribution < 1.29 is 19.0 Å². The smallest absolute Gasteiger partial charge is 0.223 e. The summed E-state index contributed by atoms with van der Waals surface area (Å²) < 4.78 is 17.9. The number of hydrogen-bond donors (Lipinski definition) is 1. The Morgan fingerprint density at radius 1 is 1.19 bits per heavy atom. The fourth-order valence-electron chi connectivity index (χ4n) is 5.28. The molecule has 2 aliphatic heterocycles. The zero-order chi connectivity index (χ0) is 25.9. The number of nitrogens with one attached hydrogen (secondary N) is 1. The van der Waals surface area contributed by atoms with Crippen LogP contribution in [-0.2, 0) is 16.0 Å². The lowest BCUT2D eigenvalue weighted by molar-refractivity contribution is -0.116. The Kier molecular flexibility index (Phi) is 7.45. The van der Waals surface area contributed by atoms with Gasteiger partial charge in [-0.15, -0.1) is 0 Å². The zero-order valence-corrected chi connectivity index (χ0v) is 22.0. The average Bonchev–Trinajstić information content (AvgIpc) is 3.38. The van der Waals surface area contributed by atoms with Crippen LogP contribution in [0.5, 0.6) is 11.5 Å². The molecule has 1 amide bonds. The highest BCUT2D eigenvalue weighted by Gasteiger charge is 2.28. The highest BCUT2D eigenvalue weighted by Crippen LogP contribution is 2.43. The van der Waals surface area contributed by atoms with Crippen molar-refractivity contribution >= 4 is 35.5 Å². The molecule has 2 fully saturated rings. The van der Waals surface area contributed by atoms with Gasteiger partial charge in [0.2, 0.25) is 5.91 Å². The van der Waals surface area contributed by atoms with Gasteiger partial charge in [-0.05, 0) is 45.4 Å². The van der Waals surface area contributed by atoms with Gasteiger partial charge in [0.15, 0.2) is 11.6 Å². The van der Waals surface area contributed by atoms with Crippen LogP contribution < -0.4 is 24.6 Å². The van der Waals surface area contributed by atoms with Crippen LogP contribution >= 0.6 is 0 Å². The minimum absolute atomic E-state index is 0.0314. The molecule has 5 rings (SSSR count). The van der Waals surface area contributed by atoms with Crippen molar-refractivity contribution in [3.8, 4) is 11.5 Å². The van der Waals surface area contributed by atoms with Crippen LogP contribution in [0.15, 0.2) is 17.1 Å². The molecule has 0 radical (unpaired) electrons. The second-order valence-corrected chi connectivity index (χ2v) is 9.88. The van der Waals surface area contributed by atoms with E-state index < -0.39 is 0 Å². The van der Waals surface area contributed by atoms with E-state index in [1.54, 1.807) is 18.9 Å². The van der Waals surface area contributed by atoms with Crippen LogP contribution in [-0.4, -0.2) is 74.7 Å². The molecular weight excluding hydrogens is 472 g/mol. The Morgan fingerprint density at radius 3 is 2.65 bits per heavy atom. The molecule has 1 aromatic carbocycles. The molecule has 2 aromatic rings. The highest BCUT2D eigenvalue weighted by molar-refractivity contribution is 5.97. The standard InChI is InChI=1S/C27H36N6O4/c1-17-29-22-9-12-36-26(22)27(30-17)31-19-5-7-21(8-6-19)37-24-16-20(33-10-13-35-14-11-33)15-23(28-3)25(24)32(4)18(2)34/h15-16,19,21H,3,5-14H2,1-2,4H3,(H,29,30,31). The summed E-state index contributed by atoms with van der Waals surface area (Å²) in [4.78, 5) is 29.5. The van der Waals surface area contributed by atoms with E-state index in [4.69, 9.17) is 14.2 Å². The molecule has 1 aromatic heterocycles. The van der Waals surface area contributed by atoms with Crippen LogP contribution in [0.4, 0.5) is 22.9 Å². The number of aliphatic imine (C=N–C) groups is 1. The summed E-state index contributed by atoms with van der Waals surface area (Å²) in [6.07, 6.45) is 4.51. The lowest BCUT2D eigenvalue weighted by atomic mass is 9.93. The van der Waals surface area contributed by atoms with Gasteiger partial charge in [0.05, 0.1) is 37.3 Å². The Bertz CT molecular complexity index is 1160. The summed E-state index contributed by atoms with van der Waals surface area (Å²) in [5, 5.41) is 3.60. The van der Waals surface area contributed by atoms with Gasteiger partial charge >= 0.3 is 0 Å². The first-order valence-corrected chi connectivity index (χ1v) is 13.1. The van der Waals surface area contributed by atoms with E-state index in [0.717, 1.165) is 74.0 Å². The Morgan fingerprint density at radius 2 is 1.95 bits per heavy atom. The second-order valence-electron chi connectivity index (χ2n) is 9.88. The predicted octanol–water partition coefficient (Wildman–Crippen LogP) is 3.67. The molecule has 198 valence electrons. The molecule has 3 heterocycles. The van der Waals surface area contributed by atoms with Gasteiger partial charge in [-0.25, -0.2) is 9.97 Å². The summed E-state index contributed by atoms with van der Waals surface area (Å²) in [5.74, 6) is 2.94. The molecule has 1 saturated carbocycles. The number of nitrogens with zero attached hydrogens (tertiary/aromatic N) is 5. The zero-order valence-electron chi connectivity index (χ0n) is 22.0. The van der Waals surface area contributed by atoms with Crippen molar-refractivity contribution in [1.82, 2.24) is 9.97 Å². The summed E-state index contributed by atoms with van der Waals surface area (Å²) >= 11 is 0. The number of carbonyl (C=O) groups excluding carboxylic acids is 1. The topological polar surface area (TPSA) is 101 Å². The fraction of sp³-hybridized carbons (Fsp3) is 0.556. The molecule has 3 aliphatic rings. The van der Waals surface area contributed by atoms with Gasteiger partial charge in [-0.3, -0.25) is 9.79 Å². The first kappa shape index (κ1) is 25.3. The second kappa shape index (κ2) is 10.9. The maximum atomic E-state index is 12.3. The van der Waals surface area contributed by atoms with E-state index in [9.17, 15) is 4.79 Å². The largest absolute Gasteiger partial charge is 0.488 e. The summed E-state index contributed by atoms with van der Waals surface area (Å²) in [6, 6.07) is 4.29. The van der Waals surface area contributed by atoms with Gasteiger partial charge in [0.1, 0.15) is 17.3 Å². The average molecular weight is 509 g/mol. The van der Waals surface area contributed by atoms with Crippen LogP contribution in [0.1, 0.15) is 44.1 Å². The predicted molar refractivity (Wildman–Crippen MR) is 144 cm³/mol. The molecule has 1 saturated heterocycles. The number of anilines is 3.